The third-order valence-electron chi connectivity index (χ3n) is 6.84. The highest BCUT2D eigenvalue weighted by molar-refractivity contribution is 5.86. The van der Waals surface area contributed by atoms with Crippen molar-refractivity contribution in [1.82, 2.24) is 9.97 Å². The van der Waals surface area contributed by atoms with Gasteiger partial charge in [-0.3, -0.25) is 9.97 Å². The monoisotopic (exact) mass is 541 g/mol. The molecule has 2 atom stereocenters. The van der Waals surface area contributed by atoms with Gasteiger partial charge >= 0.3 is 5.97 Å². The Morgan fingerprint density at radius 3 is 2.31 bits per heavy atom. The molecule has 0 aromatic carbocycles. The largest absolute Gasteiger partial charge is 0.492 e. The van der Waals surface area contributed by atoms with E-state index in [9.17, 15) is 9.90 Å². The van der Waals surface area contributed by atoms with E-state index in [1.54, 1.807) is 13.1 Å². The van der Waals surface area contributed by atoms with E-state index >= 15 is 0 Å². The third-order valence-corrected chi connectivity index (χ3v) is 6.84. The molecule has 1 N–H and O–H groups in total. The van der Waals surface area contributed by atoms with E-state index in [4.69, 9.17) is 24.2 Å². The van der Waals surface area contributed by atoms with E-state index in [-0.39, 0.29) is 11.5 Å². The number of pyridine rings is 2. The first kappa shape index (κ1) is 30.8. The van der Waals surface area contributed by atoms with Crippen LogP contribution in [0.25, 0.3) is 11.3 Å². The van der Waals surface area contributed by atoms with Gasteiger partial charge in [-0.15, -0.1) is 0 Å². The number of piperidine rings is 1. The number of aryl methyl sites for hydroxylation is 1. The van der Waals surface area contributed by atoms with Gasteiger partial charge in [0, 0.05) is 42.5 Å². The molecule has 2 aromatic rings. The summed E-state index contributed by atoms with van der Waals surface area (Å²) in [5.41, 5.74) is 3.61. The lowest BCUT2D eigenvalue weighted by Gasteiger charge is -2.41. The highest BCUT2D eigenvalue weighted by Crippen LogP contribution is 2.43. The zero-order valence-corrected chi connectivity index (χ0v) is 25.2. The van der Waals surface area contributed by atoms with Gasteiger partial charge in [-0.1, -0.05) is 13.8 Å². The van der Waals surface area contributed by atoms with Crippen LogP contribution in [-0.4, -0.2) is 58.5 Å². The normalized spacial score (nSPS) is 17.2. The maximum Gasteiger partial charge on any atom is 0.340 e. The molecule has 1 aliphatic heterocycles. The number of hydrogen-bond acceptors (Lipinski definition) is 8. The fourth-order valence-electron chi connectivity index (χ4n) is 4.63. The molecule has 0 aliphatic carbocycles. The Bertz CT molecular complexity index is 1100. The van der Waals surface area contributed by atoms with Crippen LogP contribution in [0.2, 0.25) is 0 Å². The summed E-state index contributed by atoms with van der Waals surface area (Å²) in [6.07, 6.45) is 4.50. The van der Waals surface area contributed by atoms with E-state index < -0.39 is 23.8 Å². The zero-order valence-electron chi connectivity index (χ0n) is 25.2. The van der Waals surface area contributed by atoms with E-state index in [1.807, 2.05) is 59.9 Å². The minimum Gasteiger partial charge on any atom is -0.492 e. The van der Waals surface area contributed by atoms with Crippen molar-refractivity contribution in [1.29, 1.82) is 0 Å². The summed E-state index contributed by atoms with van der Waals surface area (Å²) in [6.45, 7) is 19.9. The quantitative estimate of drug-likeness (QED) is 0.364. The number of esters is 1. The van der Waals surface area contributed by atoms with Crippen LogP contribution in [-0.2, 0) is 14.3 Å². The molecule has 0 radical (unpaired) electrons. The average Bonchev–Trinajstić information content (AvgIpc) is 2.82. The molecule has 3 heterocycles. The molecule has 0 spiro atoms. The van der Waals surface area contributed by atoms with Gasteiger partial charge in [0.2, 0.25) is 0 Å². The number of nitrogens with zero attached hydrogens (tertiary/aromatic N) is 3. The number of aliphatic hydroxyl groups is 1. The lowest BCUT2D eigenvalue weighted by atomic mass is 9.82. The molecular formula is C31H47N3O5. The Morgan fingerprint density at radius 2 is 1.77 bits per heavy atom. The Kier molecular flexibility index (Phi) is 9.99. The van der Waals surface area contributed by atoms with Gasteiger partial charge in [0.1, 0.15) is 5.75 Å². The van der Waals surface area contributed by atoms with Crippen LogP contribution in [0.15, 0.2) is 24.5 Å². The second-order valence-electron chi connectivity index (χ2n) is 12.6. The lowest BCUT2D eigenvalue weighted by Crippen LogP contribution is -2.39. The molecule has 1 saturated heterocycles. The Labute approximate surface area is 234 Å². The van der Waals surface area contributed by atoms with Gasteiger partial charge in [-0.25, -0.2) is 4.79 Å². The minimum absolute atomic E-state index is 0.250. The highest BCUT2D eigenvalue weighted by atomic mass is 16.6. The molecule has 1 aliphatic rings. The lowest BCUT2D eigenvalue weighted by molar-refractivity contribution is -0.171. The molecule has 0 bridgehead atoms. The number of hydrogen-bond donors (Lipinski definition) is 1. The van der Waals surface area contributed by atoms with Crippen molar-refractivity contribution < 1.29 is 24.1 Å². The summed E-state index contributed by atoms with van der Waals surface area (Å²) in [4.78, 5) is 25.3. The number of carbonyl (C=O) groups excluding carboxylic acids is 1. The number of anilines is 1. The molecule has 8 heteroatoms. The van der Waals surface area contributed by atoms with Gasteiger partial charge in [0.05, 0.1) is 42.0 Å². The molecule has 2 unspecified atom stereocenters. The molecule has 2 aromatic heterocycles. The van der Waals surface area contributed by atoms with Crippen LogP contribution < -0.4 is 9.64 Å². The Morgan fingerprint density at radius 1 is 1.10 bits per heavy atom. The van der Waals surface area contributed by atoms with Crippen LogP contribution in [0.4, 0.5) is 5.69 Å². The van der Waals surface area contributed by atoms with Crippen LogP contribution >= 0.6 is 0 Å². The van der Waals surface area contributed by atoms with Crippen LogP contribution in [0.5, 0.6) is 5.75 Å². The Hall–Kier alpha value is -2.71. The summed E-state index contributed by atoms with van der Waals surface area (Å²) in [7, 11) is 0. The number of rotatable bonds is 10. The predicted molar refractivity (Wildman–Crippen MR) is 154 cm³/mol. The van der Waals surface area contributed by atoms with Crippen molar-refractivity contribution in [2.75, 3.05) is 24.6 Å². The van der Waals surface area contributed by atoms with Crippen molar-refractivity contribution in [2.45, 2.75) is 105 Å². The molecule has 0 saturated carbocycles. The SMILES string of the molecule is Cc1ncc(-c2ccc(OCCC(C)O)cn2)c(N2CCC(C)(C)CC2)c1C(OC(C)(C)C)C(=O)OC(C)C. The van der Waals surface area contributed by atoms with Gasteiger partial charge in [0.15, 0.2) is 6.10 Å². The van der Waals surface area contributed by atoms with Gasteiger partial charge in [-0.2, -0.15) is 0 Å². The first-order chi connectivity index (χ1) is 18.2. The predicted octanol–water partition coefficient (Wildman–Crippen LogP) is 6.04. The van der Waals surface area contributed by atoms with Crippen LogP contribution in [0.3, 0.4) is 0 Å². The summed E-state index contributed by atoms with van der Waals surface area (Å²) >= 11 is 0. The standard InChI is InChI=1S/C31H47N3O5/c1-20(2)38-29(36)28(39-30(5,6)7)26-22(4)32-19-24(27(26)34-15-13-31(8,9)14-16-34)25-11-10-23(18-33-25)37-17-12-21(3)35/h10-11,18-21,28,35H,12-17H2,1-9H3. The number of carbonyl (C=O) groups is 1. The van der Waals surface area contributed by atoms with E-state index in [0.29, 0.717) is 18.8 Å². The third kappa shape index (κ3) is 8.64. The van der Waals surface area contributed by atoms with E-state index in [1.165, 1.54) is 0 Å². The van der Waals surface area contributed by atoms with Crippen molar-refractivity contribution >= 4 is 11.7 Å². The molecule has 1 fully saturated rings. The first-order valence-electron chi connectivity index (χ1n) is 14.1. The first-order valence-corrected chi connectivity index (χ1v) is 14.1. The van der Waals surface area contributed by atoms with Crippen molar-refractivity contribution in [3.8, 4) is 17.0 Å². The topological polar surface area (TPSA) is 94.0 Å². The van der Waals surface area contributed by atoms with Crippen LogP contribution in [0, 0.1) is 12.3 Å². The summed E-state index contributed by atoms with van der Waals surface area (Å²) in [5.74, 6) is 0.214. The van der Waals surface area contributed by atoms with Crippen molar-refractivity contribution in [2.24, 2.45) is 5.41 Å². The van der Waals surface area contributed by atoms with E-state index in [2.05, 4.69) is 18.7 Å². The zero-order chi connectivity index (χ0) is 29.0. The molecular weight excluding hydrogens is 494 g/mol. The molecule has 3 rings (SSSR count). The number of ether oxygens (including phenoxy) is 3. The summed E-state index contributed by atoms with van der Waals surface area (Å²) < 4.78 is 17.9. The van der Waals surface area contributed by atoms with Crippen LogP contribution in [0.1, 0.15) is 92.0 Å². The fourth-order valence-corrected chi connectivity index (χ4v) is 4.63. The molecule has 39 heavy (non-hydrogen) atoms. The minimum atomic E-state index is -0.937. The fraction of sp³-hybridized carbons (Fsp3) is 0.645. The second kappa shape index (κ2) is 12.6. The highest BCUT2D eigenvalue weighted by Gasteiger charge is 2.37. The van der Waals surface area contributed by atoms with Gasteiger partial charge in [0.25, 0.3) is 0 Å². The number of aliphatic hydroxyl groups excluding tert-OH is 1. The molecule has 0 amide bonds. The smallest absolute Gasteiger partial charge is 0.340 e. The summed E-state index contributed by atoms with van der Waals surface area (Å²) in [6, 6.07) is 3.79. The molecule has 216 valence electrons. The second-order valence-corrected chi connectivity index (χ2v) is 12.6. The average molecular weight is 542 g/mol. The molecule has 8 nitrogen and oxygen atoms in total. The maximum atomic E-state index is 13.5. The Balaban J connectivity index is 2.13. The van der Waals surface area contributed by atoms with Gasteiger partial charge < -0.3 is 24.2 Å². The number of aromatic nitrogens is 2. The van der Waals surface area contributed by atoms with Crippen molar-refractivity contribution in [3.05, 3.63) is 35.8 Å². The van der Waals surface area contributed by atoms with E-state index in [0.717, 1.165) is 54.1 Å². The van der Waals surface area contributed by atoms with Crippen molar-refractivity contribution in [3.63, 3.8) is 0 Å². The summed E-state index contributed by atoms with van der Waals surface area (Å²) in [5, 5.41) is 9.51. The van der Waals surface area contributed by atoms with Gasteiger partial charge in [-0.05, 0) is 78.9 Å². The maximum absolute atomic E-state index is 13.5.